The van der Waals surface area contributed by atoms with Crippen LogP contribution < -0.4 is 15.4 Å². The molecule has 0 bridgehead atoms. The number of hydrogen-bond donors (Lipinski definition) is 2. The van der Waals surface area contributed by atoms with E-state index in [1.807, 2.05) is 38.1 Å². The number of nitrogens with zero attached hydrogens (tertiary/aromatic N) is 1. The number of amides is 2. The molecule has 0 aliphatic heterocycles. The van der Waals surface area contributed by atoms with Gasteiger partial charge in [-0.1, -0.05) is 30.3 Å². The number of hydrogen-bond acceptors (Lipinski definition) is 4. The Morgan fingerprint density at radius 3 is 2.11 bits per heavy atom. The molecule has 6 heteroatoms. The first kappa shape index (κ1) is 19.1. The van der Waals surface area contributed by atoms with Gasteiger partial charge in [-0.3, -0.25) is 14.6 Å². The molecule has 0 atom stereocenters. The highest BCUT2D eigenvalue weighted by Gasteiger charge is 2.14. The Bertz CT molecular complexity index is 1010. The number of anilines is 2. The second kappa shape index (κ2) is 8.35. The predicted octanol–water partition coefficient (Wildman–Crippen LogP) is 4.21. The summed E-state index contributed by atoms with van der Waals surface area (Å²) < 4.78 is 5.24. The molecule has 0 saturated heterocycles. The third-order valence-electron chi connectivity index (χ3n) is 4.34. The summed E-state index contributed by atoms with van der Waals surface area (Å²) in [7, 11) is 1.53. The normalized spacial score (nSPS) is 10.2. The van der Waals surface area contributed by atoms with Gasteiger partial charge in [0.2, 0.25) is 0 Å². The summed E-state index contributed by atoms with van der Waals surface area (Å²) in [6, 6.07) is 14.4. The van der Waals surface area contributed by atoms with Gasteiger partial charge in [0.15, 0.2) is 0 Å². The molecule has 6 nitrogen and oxygen atoms in total. The number of aryl methyl sites for hydroxylation is 2. The van der Waals surface area contributed by atoms with Crippen LogP contribution in [-0.4, -0.2) is 23.9 Å². The van der Waals surface area contributed by atoms with Crippen LogP contribution in [-0.2, 0) is 0 Å². The van der Waals surface area contributed by atoms with Crippen molar-refractivity contribution in [2.75, 3.05) is 17.7 Å². The van der Waals surface area contributed by atoms with Crippen molar-refractivity contribution in [2.24, 2.45) is 0 Å². The van der Waals surface area contributed by atoms with Crippen LogP contribution in [0.1, 0.15) is 31.8 Å². The van der Waals surface area contributed by atoms with Gasteiger partial charge in [-0.05, 0) is 43.2 Å². The first-order valence-corrected chi connectivity index (χ1v) is 8.76. The van der Waals surface area contributed by atoms with Crippen molar-refractivity contribution in [3.8, 4) is 5.75 Å². The molecule has 2 aromatic carbocycles. The van der Waals surface area contributed by atoms with Gasteiger partial charge in [-0.2, -0.15) is 0 Å². The van der Waals surface area contributed by atoms with Crippen LogP contribution in [0.5, 0.6) is 5.75 Å². The largest absolute Gasteiger partial charge is 0.495 e. The maximum absolute atomic E-state index is 12.6. The minimum atomic E-state index is -0.376. The lowest BCUT2D eigenvalue weighted by Gasteiger charge is -2.12. The van der Waals surface area contributed by atoms with Gasteiger partial charge in [0.05, 0.1) is 23.9 Å². The van der Waals surface area contributed by atoms with Crippen LogP contribution in [0.3, 0.4) is 0 Å². The first-order valence-electron chi connectivity index (χ1n) is 8.76. The summed E-state index contributed by atoms with van der Waals surface area (Å²) in [5.74, 6) is -0.150. The Labute approximate surface area is 163 Å². The number of ether oxygens (including phenoxy) is 1. The van der Waals surface area contributed by atoms with Crippen LogP contribution in [0.2, 0.25) is 0 Å². The standard InChI is InChI=1S/C22H21N3O3/c1-14-7-6-8-15(2)20(14)25-22(27)17-11-16(12-23-13-17)21(26)24-18-9-4-5-10-19(18)28-3/h4-13H,1-3H3,(H,24,26)(H,25,27). The summed E-state index contributed by atoms with van der Waals surface area (Å²) >= 11 is 0. The fraction of sp³-hybridized carbons (Fsp3) is 0.136. The van der Waals surface area contributed by atoms with Gasteiger partial charge in [-0.25, -0.2) is 0 Å². The van der Waals surface area contributed by atoms with Crippen molar-refractivity contribution < 1.29 is 14.3 Å². The lowest BCUT2D eigenvalue weighted by molar-refractivity contribution is 0.102. The molecule has 1 heterocycles. The van der Waals surface area contributed by atoms with E-state index in [1.54, 1.807) is 18.2 Å². The highest BCUT2D eigenvalue weighted by Crippen LogP contribution is 2.24. The fourth-order valence-electron chi connectivity index (χ4n) is 2.83. The fourth-order valence-corrected chi connectivity index (χ4v) is 2.83. The van der Waals surface area contributed by atoms with Crippen LogP contribution >= 0.6 is 0 Å². The van der Waals surface area contributed by atoms with Gasteiger partial charge in [0.1, 0.15) is 5.75 Å². The monoisotopic (exact) mass is 375 g/mol. The molecule has 0 radical (unpaired) electrons. The van der Waals surface area contributed by atoms with Crippen LogP contribution in [0.25, 0.3) is 0 Å². The average molecular weight is 375 g/mol. The second-order valence-corrected chi connectivity index (χ2v) is 6.34. The van der Waals surface area contributed by atoms with Gasteiger partial charge in [0, 0.05) is 18.1 Å². The molecule has 3 aromatic rings. The van der Waals surface area contributed by atoms with E-state index in [0.29, 0.717) is 17.0 Å². The van der Waals surface area contributed by atoms with E-state index in [2.05, 4.69) is 15.6 Å². The maximum Gasteiger partial charge on any atom is 0.257 e. The van der Waals surface area contributed by atoms with E-state index in [-0.39, 0.29) is 17.4 Å². The van der Waals surface area contributed by atoms with Crippen molar-refractivity contribution in [3.05, 3.63) is 83.2 Å². The van der Waals surface area contributed by atoms with E-state index < -0.39 is 0 Å². The van der Waals surface area contributed by atoms with E-state index in [1.165, 1.54) is 25.6 Å². The SMILES string of the molecule is COc1ccccc1NC(=O)c1cncc(C(=O)Nc2c(C)cccc2C)c1. The third kappa shape index (κ3) is 4.17. The molecule has 2 amide bonds. The summed E-state index contributed by atoms with van der Waals surface area (Å²) in [6.45, 7) is 3.86. The highest BCUT2D eigenvalue weighted by atomic mass is 16.5. The van der Waals surface area contributed by atoms with Crippen molar-refractivity contribution in [2.45, 2.75) is 13.8 Å². The number of aromatic nitrogens is 1. The zero-order chi connectivity index (χ0) is 20.1. The number of methoxy groups -OCH3 is 1. The minimum absolute atomic E-state index is 0.278. The van der Waals surface area contributed by atoms with E-state index in [9.17, 15) is 9.59 Å². The Balaban J connectivity index is 1.80. The molecule has 3 rings (SSSR count). The lowest BCUT2D eigenvalue weighted by Crippen LogP contribution is -2.17. The quantitative estimate of drug-likeness (QED) is 0.700. The average Bonchev–Trinajstić information content (AvgIpc) is 2.71. The zero-order valence-corrected chi connectivity index (χ0v) is 15.9. The van der Waals surface area contributed by atoms with Crippen LogP contribution in [0.15, 0.2) is 60.9 Å². The maximum atomic E-state index is 12.6. The summed E-state index contributed by atoms with van der Waals surface area (Å²) in [5, 5.41) is 5.67. The number of pyridine rings is 1. The number of carbonyl (C=O) groups is 2. The molecule has 0 fully saturated rings. The molecule has 28 heavy (non-hydrogen) atoms. The molecular formula is C22H21N3O3. The van der Waals surface area contributed by atoms with Crippen molar-refractivity contribution in [1.82, 2.24) is 4.98 Å². The molecule has 0 unspecified atom stereocenters. The Kier molecular flexibility index (Phi) is 5.69. The summed E-state index contributed by atoms with van der Waals surface area (Å²) in [6.07, 6.45) is 2.85. The summed E-state index contributed by atoms with van der Waals surface area (Å²) in [5.41, 5.74) is 3.81. The highest BCUT2D eigenvalue weighted by molar-refractivity contribution is 6.09. The molecule has 1 aromatic heterocycles. The topological polar surface area (TPSA) is 80.3 Å². The summed E-state index contributed by atoms with van der Waals surface area (Å²) in [4.78, 5) is 29.3. The number of rotatable bonds is 5. The van der Waals surface area contributed by atoms with Crippen molar-refractivity contribution in [1.29, 1.82) is 0 Å². The Hall–Kier alpha value is -3.67. The number of nitrogens with one attached hydrogen (secondary N) is 2. The van der Waals surface area contributed by atoms with Crippen molar-refractivity contribution >= 4 is 23.2 Å². The third-order valence-corrected chi connectivity index (χ3v) is 4.34. The second-order valence-electron chi connectivity index (χ2n) is 6.34. The Morgan fingerprint density at radius 1 is 0.857 bits per heavy atom. The Morgan fingerprint density at radius 2 is 1.46 bits per heavy atom. The van der Waals surface area contributed by atoms with Crippen LogP contribution in [0, 0.1) is 13.8 Å². The first-order chi connectivity index (χ1) is 13.5. The lowest BCUT2D eigenvalue weighted by atomic mass is 10.1. The number of benzene rings is 2. The number of para-hydroxylation sites is 3. The molecule has 0 saturated carbocycles. The van der Waals surface area contributed by atoms with E-state index >= 15 is 0 Å². The van der Waals surface area contributed by atoms with Crippen molar-refractivity contribution in [3.63, 3.8) is 0 Å². The smallest absolute Gasteiger partial charge is 0.257 e. The van der Waals surface area contributed by atoms with Gasteiger partial charge >= 0.3 is 0 Å². The molecule has 0 aliphatic rings. The molecule has 142 valence electrons. The van der Waals surface area contributed by atoms with E-state index in [0.717, 1.165) is 16.8 Å². The molecule has 0 aliphatic carbocycles. The van der Waals surface area contributed by atoms with E-state index in [4.69, 9.17) is 4.74 Å². The zero-order valence-electron chi connectivity index (χ0n) is 15.9. The number of carbonyl (C=O) groups excluding carboxylic acids is 2. The molecule has 0 spiro atoms. The molecular weight excluding hydrogens is 354 g/mol. The van der Waals surface area contributed by atoms with Crippen LogP contribution in [0.4, 0.5) is 11.4 Å². The minimum Gasteiger partial charge on any atom is -0.495 e. The van der Waals surface area contributed by atoms with Gasteiger partial charge in [0.25, 0.3) is 11.8 Å². The van der Waals surface area contributed by atoms with Gasteiger partial charge in [-0.15, -0.1) is 0 Å². The molecule has 2 N–H and O–H groups in total. The van der Waals surface area contributed by atoms with Gasteiger partial charge < -0.3 is 15.4 Å². The predicted molar refractivity (Wildman–Crippen MR) is 109 cm³/mol.